The topological polar surface area (TPSA) is 45.5 Å². The number of amides is 1. The summed E-state index contributed by atoms with van der Waals surface area (Å²) in [6, 6.07) is 16.1. The normalized spacial score (nSPS) is 17.2. The van der Waals surface area contributed by atoms with Crippen LogP contribution in [-0.4, -0.2) is 33.6 Å². The largest absolute Gasteiger partial charge is 0.392 e. The Balaban J connectivity index is 1.46. The van der Waals surface area contributed by atoms with Gasteiger partial charge < -0.3 is 14.6 Å². The van der Waals surface area contributed by atoms with E-state index in [4.69, 9.17) is 5.11 Å². The van der Waals surface area contributed by atoms with Crippen molar-refractivity contribution in [1.82, 2.24) is 9.47 Å². The number of hydrogen-bond acceptors (Lipinski definition) is 2. The Labute approximate surface area is 153 Å². The van der Waals surface area contributed by atoms with E-state index >= 15 is 0 Å². The Kier molecular flexibility index (Phi) is 4.51. The van der Waals surface area contributed by atoms with Gasteiger partial charge in [-0.15, -0.1) is 0 Å². The van der Waals surface area contributed by atoms with Gasteiger partial charge in [0.2, 0.25) is 0 Å². The molecule has 4 heteroatoms. The summed E-state index contributed by atoms with van der Waals surface area (Å²) in [4.78, 5) is 15.0. The fourth-order valence-electron chi connectivity index (χ4n) is 3.96. The van der Waals surface area contributed by atoms with Crippen molar-refractivity contribution in [1.29, 1.82) is 0 Å². The maximum absolute atomic E-state index is 13.0. The molecule has 1 aromatic heterocycles. The lowest BCUT2D eigenvalue weighted by atomic mass is 9.98. The Bertz CT molecular complexity index is 927. The summed E-state index contributed by atoms with van der Waals surface area (Å²) in [6.45, 7) is 1.71. The van der Waals surface area contributed by atoms with Crippen LogP contribution in [0, 0.1) is 5.92 Å². The quantitative estimate of drug-likeness (QED) is 0.786. The zero-order chi connectivity index (χ0) is 18.1. The first-order chi connectivity index (χ1) is 12.7. The molecule has 0 radical (unpaired) electrons. The van der Waals surface area contributed by atoms with E-state index in [1.165, 1.54) is 5.56 Å². The molecule has 26 heavy (non-hydrogen) atoms. The molecule has 2 aromatic carbocycles. The van der Waals surface area contributed by atoms with Crippen LogP contribution in [0.4, 0.5) is 0 Å². The van der Waals surface area contributed by atoms with Gasteiger partial charge in [-0.05, 0) is 48.1 Å². The lowest BCUT2D eigenvalue weighted by Gasteiger charge is -2.17. The van der Waals surface area contributed by atoms with Crippen LogP contribution in [0.25, 0.3) is 10.9 Å². The van der Waals surface area contributed by atoms with Crippen LogP contribution in [-0.2, 0) is 20.1 Å². The number of aromatic nitrogens is 1. The molecule has 3 aromatic rings. The maximum Gasteiger partial charge on any atom is 0.254 e. The van der Waals surface area contributed by atoms with Crippen molar-refractivity contribution in [3.05, 3.63) is 71.4 Å². The highest BCUT2D eigenvalue weighted by molar-refractivity contribution is 6.06. The van der Waals surface area contributed by atoms with Gasteiger partial charge in [0.1, 0.15) is 0 Å². The zero-order valence-electron chi connectivity index (χ0n) is 15.1. The molecule has 4 nitrogen and oxygen atoms in total. The Hall–Kier alpha value is -2.59. The molecule has 0 spiro atoms. The molecular formula is C22H24N2O2. The fourth-order valence-corrected chi connectivity index (χ4v) is 3.96. The number of likely N-dealkylation sites (tertiary alicyclic amines) is 1. The molecule has 1 aliphatic rings. The SMILES string of the molecule is Cn1ccc2c(C(=O)N3CC[C@H](Cc4ccc(CO)cc4)C3)cccc21. The van der Waals surface area contributed by atoms with Gasteiger partial charge in [-0.3, -0.25) is 4.79 Å². The molecule has 1 atom stereocenters. The van der Waals surface area contributed by atoms with E-state index in [1.54, 1.807) is 0 Å². The van der Waals surface area contributed by atoms with Crippen LogP contribution >= 0.6 is 0 Å². The van der Waals surface area contributed by atoms with Gasteiger partial charge >= 0.3 is 0 Å². The van der Waals surface area contributed by atoms with Crippen molar-refractivity contribution in [3.63, 3.8) is 0 Å². The number of rotatable bonds is 4. The highest BCUT2D eigenvalue weighted by Crippen LogP contribution is 2.26. The van der Waals surface area contributed by atoms with E-state index in [-0.39, 0.29) is 12.5 Å². The standard InChI is InChI=1S/C22H24N2O2/c1-23-11-10-19-20(3-2-4-21(19)23)22(26)24-12-9-18(14-24)13-16-5-7-17(15-25)8-6-16/h2-8,10-11,18,25H,9,12-15H2,1H3/t18-/m1/s1. The second-order valence-electron chi connectivity index (χ2n) is 7.25. The number of aliphatic hydroxyl groups is 1. The van der Waals surface area contributed by atoms with Gasteiger partial charge in [-0.25, -0.2) is 0 Å². The Morgan fingerprint density at radius 3 is 2.65 bits per heavy atom. The summed E-state index contributed by atoms with van der Waals surface area (Å²) in [5.74, 6) is 0.633. The van der Waals surface area contributed by atoms with Gasteiger partial charge in [0.25, 0.3) is 5.91 Å². The number of carbonyl (C=O) groups excluding carboxylic acids is 1. The molecule has 0 aliphatic carbocycles. The van der Waals surface area contributed by atoms with E-state index in [0.29, 0.717) is 5.92 Å². The van der Waals surface area contributed by atoms with Crippen molar-refractivity contribution in [2.24, 2.45) is 13.0 Å². The average molecular weight is 348 g/mol. The molecule has 1 aliphatic heterocycles. The van der Waals surface area contributed by atoms with Gasteiger partial charge in [0.05, 0.1) is 6.61 Å². The van der Waals surface area contributed by atoms with Crippen molar-refractivity contribution >= 4 is 16.8 Å². The van der Waals surface area contributed by atoms with Crippen LogP contribution < -0.4 is 0 Å². The molecule has 0 saturated carbocycles. The molecule has 1 amide bonds. The predicted molar refractivity (Wildman–Crippen MR) is 103 cm³/mol. The van der Waals surface area contributed by atoms with Crippen molar-refractivity contribution in [3.8, 4) is 0 Å². The molecule has 0 unspecified atom stereocenters. The monoisotopic (exact) mass is 348 g/mol. The average Bonchev–Trinajstić information content (AvgIpc) is 3.29. The minimum absolute atomic E-state index is 0.0804. The summed E-state index contributed by atoms with van der Waals surface area (Å²) in [5.41, 5.74) is 4.10. The summed E-state index contributed by atoms with van der Waals surface area (Å²) in [7, 11) is 2.00. The maximum atomic E-state index is 13.0. The molecule has 1 saturated heterocycles. The van der Waals surface area contributed by atoms with Gasteiger partial charge in [-0.1, -0.05) is 30.3 Å². The van der Waals surface area contributed by atoms with E-state index in [2.05, 4.69) is 22.8 Å². The minimum Gasteiger partial charge on any atom is -0.392 e. The summed E-state index contributed by atoms with van der Waals surface area (Å²) in [6.07, 6.45) is 4.02. The van der Waals surface area contributed by atoms with Crippen molar-refractivity contribution in [2.45, 2.75) is 19.4 Å². The van der Waals surface area contributed by atoms with E-state index in [1.807, 2.05) is 48.5 Å². The van der Waals surface area contributed by atoms with E-state index < -0.39 is 0 Å². The highest BCUT2D eigenvalue weighted by Gasteiger charge is 2.28. The van der Waals surface area contributed by atoms with Crippen LogP contribution in [0.5, 0.6) is 0 Å². The highest BCUT2D eigenvalue weighted by atomic mass is 16.3. The fraction of sp³-hybridized carbons (Fsp3) is 0.318. The third-order valence-electron chi connectivity index (χ3n) is 5.46. The van der Waals surface area contributed by atoms with Crippen LogP contribution in [0.3, 0.4) is 0 Å². The van der Waals surface area contributed by atoms with Crippen LogP contribution in [0.1, 0.15) is 27.9 Å². The number of aryl methyl sites for hydroxylation is 1. The van der Waals surface area contributed by atoms with Crippen molar-refractivity contribution in [2.75, 3.05) is 13.1 Å². The number of fused-ring (bicyclic) bond motifs is 1. The molecule has 134 valence electrons. The summed E-state index contributed by atoms with van der Waals surface area (Å²) >= 11 is 0. The third kappa shape index (κ3) is 3.13. The molecular weight excluding hydrogens is 324 g/mol. The first kappa shape index (κ1) is 16.9. The molecule has 1 N–H and O–H groups in total. The van der Waals surface area contributed by atoms with Crippen LogP contribution in [0.15, 0.2) is 54.7 Å². The lowest BCUT2D eigenvalue weighted by molar-refractivity contribution is 0.0789. The summed E-state index contributed by atoms with van der Waals surface area (Å²) in [5, 5.41) is 10.2. The number of benzene rings is 2. The molecule has 1 fully saturated rings. The van der Waals surface area contributed by atoms with Gasteiger partial charge in [-0.2, -0.15) is 0 Å². The number of nitrogens with zero attached hydrogens (tertiary/aromatic N) is 2. The summed E-state index contributed by atoms with van der Waals surface area (Å²) < 4.78 is 2.05. The first-order valence-electron chi connectivity index (χ1n) is 9.17. The van der Waals surface area contributed by atoms with Crippen LogP contribution in [0.2, 0.25) is 0 Å². The molecule has 0 bridgehead atoms. The predicted octanol–water partition coefficient (Wildman–Crippen LogP) is 3.38. The Morgan fingerprint density at radius 1 is 1.12 bits per heavy atom. The molecule has 4 rings (SSSR count). The van der Waals surface area contributed by atoms with E-state index in [9.17, 15) is 4.79 Å². The Morgan fingerprint density at radius 2 is 1.88 bits per heavy atom. The number of hydrogen-bond donors (Lipinski definition) is 1. The lowest BCUT2D eigenvalue weighted by Crippen LogP contribution is -2.29. The molecule has 2 heterocycles. The van der Waals surface area contributed by atoms with Crippen molar-refractivity contribution < 1.29 is 9.90 Å². The smallest absolute Gasteiger partial charge is 0.254 e. The van der Waals surface area contributed by atoms with Gasteiger partial charge in [0.15, 0.2) is 0 Å². The number of carbonyl (C=O) groups is 1. The second-order valence-corrected chi connectivity index (χ2v) is 7.25. The van der Waals surface area contributed by atoms with E-state index in [0.717, 1.165) is 48.0 Å². The third-order valence-corrected chi connectivity index (χ3v) is 5.46. The zero-order valence-corrected chi connectivity index (χ0v) is 15.1. The van der Waals surface area contributed by atoms with Gasteiger partial charge in [0, 0.05) is 42.8 Å². The first-order valence-corrected chi connectivity index (χ1v) is 9.17. The minimum atomic E-state index is 0.0804. The number of aliphatic hydroxyl groups excluding tert-OH is 1. The second kappa shape index (κ2) is 6.96.